The Balaban J connectivity index is 1.74. The molecule has 3 rings (SSSR count). The van der Waals surface area contributed by atoms with Gasteiger partial charge in [0.1, 0.15) is 6.04 Å². The number of carbonyl (C=O) groups excluding carboxylic acids is 1. The van der Waals surface area contributed by atoms with E-state index in [0.717, 1.165) is 11.1 Å². The summed E-state index contributed by atoms with van der Waals surface area (Å²) in [7, 11) is 0. The summed E-state index contributed by atoms with van der Waals surface area (Å²) in [5.74, 6) is -0.0430. The Morgan fingerprint density at radius 2 is 1.84 bits per heavy atom. The van der Waals surface area contributed by atoms with E-state index in [1.165, 1.54) is 0 Å². The topological polar surface area (TPSA) is 61.8 Å². The molecule has 0 bridgehead atoms. The summed E-state index contributed by atoms with van der Waals surface area (Å²) in [6, 6.07) is 18.9. The van der Waals surface area contributed by atoms with Crippen LogP contribution in [0.25, 0.3) is 0 Å². The Kier molecular flexibility index (Phi) is 6.17. The van der Waals surface area contributed by atoms with E-state index >= 15 is 0 Å². The first kappa shape index (κ1) is 17.6. The van der Waals surface area contributed by atoms with Gasteiger partial charge in [-0.05, 0) is 11.1 Å². The van der Waals surface area contributed by atoms with Crippen LogP contribution in [0.3, 0.4) is 0 Å². The van der Waals surface area contributed by atoms with Gasteiger partial charge in [0.05, 0.1) is 25.9 Å². The summed E-state index contributed by atoms with van der Waals surface area (Å²) < 4.78 is 5.42. The second-order valence-corrected chi connectivity index (χ2v) is 6.21. The molecule has 1 fully saturated rings. The highest BCUT2D eigenvalue weighted by molar-refractivity contribution is 5.82. The van der Waals surface area contributed by atoms with Crippen LogP contribution in [-0.4, -0.2) is 48.3 Å². The number of nitrogens with zero attached hydrogens (tertiary/aromatic N) is 1. The highest BCUT2D eigenvalue weighted by Crippen LogP contribution is 2.17. The first-order chi connectivity index (χ1) is 12.2. The molecule has 2 aromatic carbocycles. The molecular weight excluding hydrogens is 316 g/mol. The number of morpholine rings is 1. The van der Waals surface area contributed by atoms with Gasteiger partial charge >= 0.3 is 0 Å². The Bertz CT molecular complexity index is 657. The smallest absolute Gasteiger partial charge is 0.242 e. The number of nitrogens with one attached hydrogen (secondary N) is 1. The van der Waals surface area contributed by atoms with Crippen molar-refractivity contribution >= 4 is 5.91 Å². The van der Waals surface area contributed by atoms with Crippen LogP contribution in [0.4, 0.5) is 0 Å². The van der Waals surface area contributed by atoms with Gasteiger partial charge in [-0.1, -0.05) is 60.7 Å². The highest BCUT2D eigenvalue weighted by atomic mass is 16.5. The third-order valence-electron chi connectivity index (χ3n) is 4.33. The lowest BCUT2D eigenvalue weighted by Gasteiger charge is -2.31. The van der Waals surface area contributed by atoms with Gasteiger partial charge in [0, 0.05) is 13.1 Å². The zero-order valence-electron chi connectivity index (χ0n) is 14.2. The van der Waals surface area contributed by atoms with Crippen LogP contribution in [0, 0.1) is 0 Å². The molecule has 2 aromatic rings. The van der Waals surface area contributed by atoms with Crippen molar-refractivity contribution in [1.82, 2.24) is 10.2 Å². The molecular formula is C20H24N2O3. The maximum Gasteiger partial charge on any atom is 0.242 e. The van der Waals surface area contributed by atoms with E-state index in [1.807, 2.05) is 60.7 Å². The van der Waals surface area contributed by atoms with Crippen molar-refractivity contribution in [2.75, 3.05) is 26.3 Å². The number of ether oxygens (including phenoxy) is 1. The second kappa shape index (κ2) is 8.76. The minimum Gasteiger partial charge on any atom is -0.387 e. The van der Waals surface area contributed by atoms with Gasteiger partial charge < -0.3 is 20.1 Å². The van der Waals surface area contributed by atoms with Gasteiger partial charge in [-0.3, -0.25) is 4.79 Å². The minimum absolute atomic E-state index is 0.0430. The molecule has 2 atom stereocenters. The first-order valence-electron chi connectivity index (χ1n) is 8.61. The average Bonchev–Trinajstić information content (AvgIpc) is 2.69. The van der Waals surface area contributed by atoms with Crippen molar-refractivity contribution in [2.24, 2.45) is 0 Å². The number of hydrogen-bond acceptors (Lipinski definition) is 4. The molecule has 25 heavy (non-hydrogen) atoms. The standard InChI is InChI=1S/C20H24N2O3/c23-19(17-9-5-2-6-10-17)14-22(13-16-7-3-1-4-8-16)20(24)18-15-25-12-11-21-18/h1-10,18-19,21,23H,11-15H2/t18-,19+/m0/s1. The maximum absolute atomic E-state index is 12.9. The lowest BCUT2D eigenvalue weighted by atomic mass is 10.1. The molecule has 0 unspecified atom stereocenters. The van der Waals surface area contributed by atoms with Gasteiger partial charge in [-0.2, -0.15) is 0 Å². The van der Waals surface area contributed by atoms with Crippen LogP contribution in [0.5, 0.6) is 0 Å². The number of aliphatic hydroxyl groups is 1. The van der Waals surface area contributed by atoms with Crippen molar-refractivity contribution in [3.8, 4) is 0 Å². The average molecular weight is 340 g/mol. The molecule has 1 aliphatic heterocycles. The van der Waals surface area contributed by atoms with Crippen molar-refractivity contribution in [3.05, 3.63) is 71.8 Å². The number of aliphatic hydroxyl groups excluding tert-OH is 1. The summed E-state index contributed by atoms with van der Waals surface area (Å²) >= 11 is 0. The van der Waals surface area contributed by atoms with Gasteiger partial charge in [0.2, 0.25) is 5.91 Å². The normalized spacial score (nSPS) is 18.5. The van der Waals surface area contributed by atoms with Crippen molar-refractivity contribution in [3.63, 3.8) is 0 Å². The SMILES string of the molecule is O=C([C@@H]1COCCN1)N(Cc1ccccc1)C[C@@H](O)c1ccccc1. The summed E-state index contributed by atoms with van der Waals surface area (Å²) in [5, 5.41) is 13.8. The van der Waals surface area contributed by atoms with E-state index in [-0.39, 0.29) is 18.5 Å². The number of benzene rings is 2. The van der Waals surface area contributed by atoms with Crippen LogP contribution >= 0.6 is 0 Å². The van der Waals surface area contributed by atoms with Crippen LogP contribution in [0.15, 0.2) is 60.7 Å². The highest BCUT2D eigenvalue weighted by Gasteiger charge is 2.28. The summed E-state index contributed by atoms with van der Waals surface area (Å²) in [6.07, 6.45) is -0.724. The predicted octanol–water partition coefficient (Wildman–Crippen LogP) is 1.74. The Morgan fingerprint density at radius 1 is 1.16 bits per heavy atom. The molecule has 1 aliphatic rings. The van der Waals surface area contributed by atoms with Gasteiger partial charge in [-0.15, -0.1) is 0 Å². The fraction of sp³-hybridized carbons (Fsp3) is 0.350. The van der Waals surface area contributed by atoms with E-state index in [4.69, 9.17) is 4.74 Å². The quantitative estimate of drug-likeness (QED) is 0.841. The van der Waals surface area contributed by atoms with Crippen LogP contribution in [0.1, 0.15) is 17.2 Å². The van der Waals surface area contributed by atoms with Crippen LogP contribution in [0.2, 0.25) is 0 Å². The van der Waals surface area contributed by atoms with Crippen molar-refractivity contribution in [1.29, 1.82) is 0 Å². The zero-order chi connectivity index (χ0) is 17.5. The fourth-order valence-corrected chi connectivity index (χ4v) is 2.97. The van der Waals surface area contributed by atoms with Crippen LogP contribution in [-0.2, 0) is 16.1 Å². The summed E-state index contributed by atoms with van der Waals surface area (Å²) in [6.45, 7) is 2.36. The van der Waals surface area contributed by atoms with E-state index in [0.29, 0.717) is 26.3 Å². The second-order valence-electron chi connectivity index (χ2n) is 6.21. The molecule has 5 nitrogen and oxygen atoms in total. The lowest BCUT2D eigenvalue weighted by molar-refractivity contribution is -0.138. The third-order valence-corrected chi connectivity index (χ3v) is 4.33. The molecule has 2 N–H and O–H groups in total. The van der Waals surface area contributed by atoms with E-state index < -0.39 is 6.10 Å². The van der Waals surface area contributed by atoms with Crippen molar-refractivity contribution in [2.45, 2.75) is 18.7 Å². The van der Waals surface area contributed by atoms with Crippen LogP contribution < -0.4 is 5.32 Å². The Morgan fingerprint density at radius 3 is 2.48 bits per heavy atom. The molecule has 0 saturated carbocycles. The first-order valence-corrected chi connectivity index (χ1v) is 8.61. The predicted molar refractivity (Wildman–Crippen MR) is 95.9 cm³/mol. The molecule has 0 spiro atoms. The van der Waals surface area contributed by atoms with E-state index in [9.17, 15) is 9.90 Å². The van der Waals surface area contributed by atoms with Gasteiger partial charge in [0.25, 0.3) is 0 Å². The largest absolute Gasteiger partial charge is 0.387 e. The molecule has 0 aromatic heterocycles. The molecule has 0 radical (unpaired) electrons. The van der Waals surface area contributed by atoms with Crippen molar-refractivity contribution < 1.29 is 14.6 Å². The van der Waals surface area contributed by atoms with Gasteiger partial charge in [0.15, 0.2) is 0 Å². The third kappa shape index (κ3) is 4.89. The monoisotopic (exact) mass is 340 g/mol. The maximum atomic E-state index is 12.9. The minimum atomic E-state index is -0.724. The lowest BCUT2D eigenvalue weighted by Crippen LogP contribution is -2.53. The zero-order valence-corrected chi connectivity index (χ0v) is 14.2. The molecule has 132 valence electrons. The number of rotatable bonds is 6. The van der Waals surface area contributed by atoms with E-state index in [2.05, 4.69) is 5.32 Å². The Labute approximate surface area is 148 Å². The number of hydrogen-bond donors (Lipinski definition) is 2. The number of amides is 1. The molecule has 1 amide bonds. The molecule has 5 heteroatoms. The summed E-state index contributed by atoms with van der Waals surface area (Å²) in [5.41, 5.74) is 1.84. The Hall–Kier alpha value is -2.21. The fourth-order valence-electron chi connectivity index (χ4n) is 2.97. The van der Waals surface area contributed by atoms with E-state index in [1.54, 1.807) is 4.90 Å². The summed E-state index contributed by atoms with van der Waals surface area (Å²) in [4.78, 5) is 14.6. The molecule has 0 aliphatic carbocycles. The number of carbonyl (C=O) groups is 1. The molecule has 1 saturated heterocycles. The van der Waals surface area contributed by atoms with Gasteiger partial charge in [-0.25, -0.2) is 0 Å². The molecule has 1 heterocycles.